The van der Waals surface area contributed by atoms with E-state index in [1.54, 1.807) is 12.1 Å². The maximum absolute atomic E-state index is 12.7. The summed E-state index contributed by atoms with van der Waals surface area (Å²) in [6.07, 6.45) is 1.45. The summed E-state index contributed by atoms with van der Waals surface area (Å²) in [7, 11) is 0. The van der Waals surface area contributed by atoms with Crippen molar-refractivity contribution in [1.82, 2.24) is 4.98 Å². The number of nitriles is 1. The minimum Gasteiger partial charge on any atom is -0.440 e. The van der Waals surface area contributed by atoms with E-state index in [-0.39, 0.29) is 34.0 Å². The number of nitro benzene ring substituents is 1. The number of nitro groups is 1. The van der Waals surface area contributed by atoms with Gasteiger partial charge in [0.15, 0.2) is 0 Å². The zero-order chi connectivity index (χ0) is 18.8. The summed E-state index contributed by atoms with van der Waals surface area (Å²) < 4.78 is 5.50. The number of fused-ring (bicyclic) bond motifs is 1. The molecule has 1 aliphatic heterocycles. The first-order chi connectivity index (χ1) is 12.5. The van der Waals surface area contributed by atoms with Gasteiger partial charge in [-0.15, -0.1) is 0 Å². The first-order valence-corrected chi connectivity index (χ1v) is 8.04. The molecular weight excluding hydrogens is 336 g/mol. The van der Waals surface area contributed by atoms with E-state index < -0.39 is 16.4 Å². The number of pyridine rings is 1. The molecule has 0 fully saturated rings. The van der Waals surface area contributed by atoms with Crippen molar-refractivity contribution in [2.45, 2.75) is 25.7 Å². The zero-order valence-corrected chi connectivity index (χ0v) is 14.0. The predicted molar refractivity (Wildman–Crippen MR) is 93.5 cm³/mol. The van der Waals surface area contributed by atoms with E-state index in [4.69, 9.17) is 10.5 Å². The summed E-state index contributed by atoms with van der Waals surface area (Å²) >= 11 is 0. The van der Waals surface area contributed by atoms with Crippen LogP contribution in [0.25, 0.3) is 0 Å². The predicted octanol–water partition coefficient (Wildman–Crippen LogP) is 2.45. The summed E-state index contributed by atoms with van der Waals surface area (Å²) in [6, 6.07) is 9.57. The second-order valence-electron chi connectivity index (χ2n) is 5.89. The molecule has 2 heterocycles. The number of aromatic amines is 1. The third-order valence-corrected chi connectivity index (χ3v) is 4.24. The molecule has 2 aromatic rings. The molecule has 0 radical (unpaired) electrons. The molecule has 0 spiro atoms. The highest BCUT2D eigenvalue weighted by Gasteiger charge is 2.36. The third-order valence-electron chi connectivity index (χ3n) is 4.24. The Kier molecular flexibility index (Phi) is 4.45. The van der Waals surface area contributed by atoms with Crippen molar-refractivity contribution in [1.29, 1.82) is 5.26 Å². The Morgan fingerprint density at radius 3 is 2.81 bits per heavy atom. The summed E-state index contributed by atoms with van der Waals surface area (Å²) in [5, 5.41) is 21.0. The molecule has 1 unspecified atom stereocenters. The fraction of sp³-hybridized carbons (Fsp3) is 0.222. The normalized spacial score (nSPS) is 15.8. The lowest BCUT2D eigenvalue weighted by Crippen LogP contribution is -2.28. The summed E-state index contributed by atoms with van der Waals surface area (Å²) in [6.45, 7) is 1.97. The second-order valence-corrected chi connectivity index (χ2v) is 5.89. The van der Waals surface area contributed by atoms with Crippen LogP contribution in [0.4, 0.5) is 5.69 Å². The van der Waals surface area contributed by atoms with Crippen molar-refractivity contribution in [3.05, 3.63) is 79.1 Å². The van der Waals surface area contributed by atoms with Crippen LogP contribution in [0, 0.1) is 21.4 Å². The van der Waals surface area contributed by atoms with Gasteiger partial charge in [0.25, 0.3) is 11.2 Å². The largest absolute Gasteiger partial charge is 0.440 e. The molecule has 1 atom stereocenters. The number of nitrogens with two attached hydrogens (primary N) is 1. The fourth-order valence-corrected chi connectivity index (χ4v) is 3.15. The van der Waals surface area contributed by atoms with E-state index in [1.165, 1.54) is 18.2 Å². The molecule has 0 saturated heterocycles. The van der Waals surface area contributed by atoms with Crippen LogP contribution in [0.3, 0.4) is 0 Å². The minimum absolute atomic E-state index is 0.0273. The second kappa shape index (κ2) is 6.72. The van der Waals surface area contributed by atoms with E-state index >= 15 is 0 Å². The van der Waals surface area contributed by atoms with Gasteiger partial charge in [0, 0.05) is 23.4 Å². The molecule has 0 aliphatic carbocycles. The molecule has 1 aromatic heterocycles. The molecule has 8 nitrogen and oxygen atoms in total. The Labute approximate surface area is 148 Å². The van der Waals surface area contributed by atoms with Gasteiger partial charge in [-0.2, -0.15) is 5.26 Å². The Hall–Kier alpha value is -3.60. The van der Waals surface area contributed by atoms with Crippen molar-refractivity contribution in [2.24, 2.45) is 5.73 Å². The quantitative estimate of drug-likeness (QED) is 0.641. The van der Waals surface area contributed by atoms with Crippen LogP contribution >= 0.6 is 0 Å². The van der Waals surface area contributed by atoms with Gasteiger partial charge in [0.05, 0.1) is 16.4 Å². The van der Waals surface area contributed by atoms with Crippen molar-refractivity contribution >= 4 is 5.69 Å². The molecule has 0 amide bonds. The highest BCUT2D eigenvalue weighted by atomic mass is 16.6. The molecular formula is C18H16N4O4. The zero-order valence-electron chi connectivity index (χ0n) is 14.0. The van der Waals surface area contributed by atoms with E-state index in [0.717, 1.165) is 6.42 Å². The summed E-state index contributed by atoms with van der Waals surface area (Å²) in [5.74, 6) is -0.905. The van der Waals surface area contributed by atoms with Gasteiger partial charge < -0.3 is 15.5 Å². The van der Waals surface area contributed by atoms with Crippen molar-refractivity contribution in [3.63, 3.8) is 0 Å². The van der Waals surface area contributed by atoms with Gasteiger partial charge in [0.1, 0.15) is 17.4 Å². The number of hydrogen-bond donors (Lipinski definition) is 2. The monoisotopic (exact) mass is 352 g/mol. The summed E-state index contributed by atoms with van der Waals surface area (Å²) in [5.41, 5.74) is 6.25. The van der Waals surface area contributed by atoms with Gasteiger partial charge in [0.2, 0.25) is 5.88 Å². The number of nitrogens with zero attached hydrogens (tertiary/aromatic N) is 2. The Balaban J connectivity index is 2.31. The maximum Gasteiger partial charge on any atom is 0.273 e. The lowest BCUT2D eigenvalue weighted by molar-refractivity contribution is -0.385. The number of allylic oxidation sites excluding steroid dienone is 1. The van der Waals surface area contributed by atoms with E-state index in [1.807, 2.05) is 13.0 Å². The third kappa shape index (κ3) is 2.80. The molecule has 3 N–H and O–H groups in total. The van der Waals surface area contributed by atoms with Gasteiger partial charge in [-0.05, 0) is 6.42 Å². The number of nitrogens with one attached hydrogen (secondary N) is 1. The molecule has 1 aromatic carbocycles. The molecule has 8 heteroatoms. The topological polar surface area (TPSA) is 135 Å². The number of aromatic nitrogens is 1. The van der Waals surface area contributed by atoms with Crippen LogP contribution in [0.1, 0.15) is 36.1 Å². The molecule has 132 valence electrons. The first-order valence-electron chi connectivity index (χ1n) is 8.04. The maximum atomic E-state index is 12.7. The summed E-state index contributed by atoms with van der Waals surface area (Å²) in [4.78, 5) is 26.4. The Bertz CT molecular complexity index is 1020. The number of rotatable bonds is 4. The standard InChI is InChI=1S/C18H16N4O4/c1-2-5-10-8-14-16(18(23)21-10)15(12(9-19)17(20)26-14)11-6-3-4-7-13(11)22(24)25/h3-4,6-8,15H,2,5,20H2,1H3,(H,21,23). The van der Waals surface area contributed by atoms with Crippen molar-refractivity contribution in [3.8, 4) is 11.8 Å². The minimum atomic E-state index is -0.968. The van der Waals surface area contributed by atoms with Crippen LogP contribution in [0.2, 0.25) is 0 Å². The number of benzene rings is 1. The average molecular weight is 352 g/mol. The SMILES string of the molecule is CCCc1cc2c(c(=O)[nH]1)C(c1ccccc1[N+](=O)[O-])C(C#N)=C(N)O2. The highest BCUT2D eigenvalue weighted by Crippen LogP contribution is 2.43. The van der Waals surface area contributed by atoms with E-state index in [0.29, 0.717) is 12.1 Å². The van der Waals surface area contributed by atoms with Crippen LogP contribution < -0.4 is 16.0 Å². The Morgan fingerprint density at radius 1 is 1.42 bits per heavy atom. The van der Waals surface area contributed by atoms with E-state index in [9.17, 15) is 20.2 Å². The molecule has 0 bridgehead atoms. The lowest BCUT2D eigenvalue weighted by Gasteiger charge is -2.25. The van der Waals surface area contributed by atoms with Crippen LogP contribution in [0.15, 0.2) is 46.6 Å². The molecule has 3 rings (SSSR count). The van der Waals surface area contributed by atoms with Crippen molar-refractivity contribution < 1.29 is 9.66 Å². The number of para-hydroxylation sites is 1. The van der Waals surface area contributed by atoms with Gasteiger partial charge >= 0.3 is 0 Å². The van der Waals surface area contributed by atoms with Crippen molar-refractivity contribution in [2.75, 3.05) is 0 Å². The Morgan fingerprint density at radius 2 is 2.15 bits per heavy atom. The molecule has 1 aliphatic rings. The van der Waals surface area contributed by atoms with Crippen LogP contribution in [0.5, 0.6) is 5.75 Å². The van der Waals surface area contributed by atoms with Gasteiger partial charge in [-0.1, -0.05) is 31.5 Å². The van der Waals surface area contributed by atoms with E-state index in [2.05, 4.69) is 4.98 Å². The highest BCUT2D eigenvalue weighted by molar-refractivity contribution is 5.59. The fourth-order valence-electron chi connectivity index (χ4n) is 3.15. The molecule has 0 saturated carbocycles. The number of aryl methyl sites for hydroxylation is 1. The molecule has 26 heavy (non-hydrogen) atoms. The number of hydrogen-bond acceptors (Lipinski definition) is 6. The number of H-pyrrole nitrogens is 1. The smallest absolute Gasteiger partial charge is 0.273 e. The average Bonchev–Trinajstić information content (AvgIpc) is 2.60. The van der Waals surface area contributed by atoms with Gasteiger partial charge in [-0.3, -0.25) is 14.9 Å². The first kappa shape index (κ1) is 17.2. The number of ether oxygens (including phenoxy) is 1. The van der Waals surface area contributed by atoms with Crippen LogP contribution in [-0.4, -0.2) is 9.91 Å². The van der Waals surface area contributed by atoms with Crippen LogP contribution in [-0.2, 0) is 6.42 Å². The lowest BCUT2D eigenvalue weighted by atomic mass is 9.83. The van der Waals surface area contributed by atoms with Gasteiger partial charge in [-0.25, -0.2) is 0 Å².